The van der Waals surface area contributed by atoms with Crippen molar-refractivity contribution in [1.29, 1.82) is 0 Å². The summed E-state index contributed by atoms with van der Waals surface area (Å²) in [4.78, 5) is 29.4. The molecule has 0 aromatic heterocycles. The van der Waals surface area contributed by atoms with Gasteiger partial charge in [-0.15, -0.1) is 0 Å². The van der Waals surface area contributed by atoms with E-state index in [4.69, 9.17) is 4.74 Å². The Bertz CT molecular complexity index is 684. The molecule has 2 saturated heterocycles. The van der Waals surface area contributed by atoms with Gasteiger partial charge in [-0.1, -0.05) is 18.2 Å². The number of para-hydroxylation sites is 1. The van der Waals surface area contributed by atoms with Gasteiger partial charge in [0.15, 0.2) is 0 Å². The summed E-state index contributed by atoms with van der Waals surface area (Å²) in [6.45, 7) is 4.69. The lowest BCUT2D eigenvalue weighted by molar-refractivity contribution is -0.134. The van der Waals surface area contributed by atoms with Gasteiger partial charge < -0.3 is 15.0 Å². The van der Waals surface area contributed by atoms with Crippen LogP contribution < -0.4 is 10.1 Å². The summed E-state index contributed by atoms with van der Waals surface area (Å²) in [6, 6.07) is 10.2. The molecule has 1 aliphatic carbocycles. The van der Waals surface area contributed by atoms with E-state index in [2.05, 4.69) is 15.1 Å². The normalized spacial score (nSPS) is 23.6. The Morgan fingerprint density at radius 2 is 1.72 bits per heavy atom. The molecule has 4 rings (SSSR count). The fourth-order valence-electron chi connectivity index (χ4n) is 4.60. The molecule has 1 N–H and O–H groups in total. The number of likely N-dealkylation sites (tertiary alicyclic amines) is 2. The molecule has 1 unspecified atom stereocenters. The Hall–Kier alpha value is -2.08. The first kappa shape index (κ1) is 20.2. The number of piperidine rings is 2. The SMILES string of the molecule is O=C(NCCOc1ccccc1)C1CCCN(C2CCN(C(=O)C3CC3)CC2)C1. The van der Waals surface area contributed by atoms with Gasteiger partial charge in [-0.3, -0.25) is 14.5 Å². The molecule has 3 aliphatic rings. The molecule has 29 heavy (non-hydrogen) atoms. The minimum absolute atomic E-state index is 0.0617. The van der Waals surface area contributed by atoms with Crippen LogP contribution >= 0.6 is 0 Å². The lowest BCUT2D eigenvalue weighted by atomic mass is 9.93. The van der Waals surface area contributed by atoms with Crippen molar-refractivity contribution in [2.45, 2.75) is 44.6 Å². The van der Waals surface area contributed by atoms with Crippen LogP contribution in [0.4, 0.5) is 0 Å². The molecule has 1 aromatic carbocycles. The average Bonchev–Trinajstić information content (AvgIpc) is 3.62. The first-order chi connectivity index (χ1) is 14.2. The summed E-state index contributed by atoms with van der Waals surface area (Å²) < 4.78 is 5.65. The van der Waals surface area contributed by atoms with Gasteiger partial charge in [0.1, 0.15) is 12.4 Å². The molecule has 0 radical (unpaired) electrons. The Balaban J connectivity index is 1.17. The number of hydrogen-bond acceptors (Lipinski definition) is 4. The second kappa shape index (κ2) is 9.61. The number of ether oxygens (including phenoxy) is 1. The van der Waals surface area contributed by atoms with Gasteiger partial charge >= 0.3 is 0 Å². The number of benzene rings is 1. The maximum absolute atomic E-state index is 12.6. The average molecular weight is 400 g/mol. The standard InChI is InChI=1S/C23H33N3O3/c27-22(24-12-16-29-21-6-2-1-3-7-21)19-5-4-13-26(17-19)20-10-14-25(15-11-20)23(28)18-8-9-18/h1-3,6-7,18-20H,4-5,8-17H2,(H,24,27). The largest absolute Gasteiger partial charge is 0.492 e. The van der Waals surface area contributed by atoms with E-state index in [1.54, 1.807) is 0 Å². The minimum Gasteiger partial charge on any atom is -0.492 e. The zero-order chi connectivity index (χ0) is 20.1. The minimum atomic E-state index is 0.0617. The van der Waals surface area contributed by atoms with Crippen LogP contribution in [-0.2, 0) is 9.59 Å². The summed E-state index contributed by atoms with van der Waals surface area (Å²) >= 11 is 0. The van der Waals surface area contributed by atoms with Gasteiger partial charge in [-0.05, 0) is 57.2 Å². The Morgan fingerprint density at radius 1 is 0.966 bits per heavy atom. The van der Waals surface area contributed by atoms with E-state index >= 15 is 0 Å². The summed E-state index contributed by atoms with van der Waals surface area (Å²) in [7, 11) is 0. The van der Waals surface area contributed by atoms with Crippen molar-refractivity contribution in [2.24, 2.45) is 11.8 Å². The maximum Gasteiger partial charge on any atom is 0.225 e. The van der Waals surface area contributed by atoms with Gasteiger partial charge in [-0.2, -0.15) is 0 Å². The second-order valence-corrected chi connectivity index (χ2v) is 8.62. The Labute approximate surface area is 173 Å². The van der Waals surface area contributed by atoms with E-state index in [9.17, 15) is 9.59 Å². The monoisotopic (exact) mass is 399 g/mol. The highest BCUT2D eigenvalue weighted by Crippen LogP contribution is 2.32. The van der Waals surface area contributed by atoms with Crippen molar-refractivity contribution >= 4 is 11.8 Å². The van der Waals surface area contributed by atoms with Gasteiger partial charge in [0.2, 0.25) is 11.8 Å². The van der Waals surface area contributed by atoms with Gasteiger partial charge in [0, 0.05) is 31.6 Å². The number of rotatable bonds is 7. The van der Waals surface area contributed by atoms with Gasteiger partial charge in [0.25, 0.3) is 0 Å². The van der Waals surface area contributed by atoms with Crippen molar-refractivity contribution in [3.63, 3.8) is 0 Å². The molecule has 0 bridgehead atoms. The first-order valence-electron chi connectivity index (χ1n) is 11.2. The first-order valence-corrected chi connectivity index (χ1v) is 11.2. The summed E-state index contributed by atoms with van der Waals surface area (Å²) in [5.41, 5.74) is 0. The molecule has 2 aliphatic heterocycles. The highest BCUT2D eigenvalue weighted by Gasteiger charge is 2.37. The van der Waals surface area contributed by atoms with Crippen LogP contribution in [0.25, 0.3) is 0 Å². The van der Waals surface area contributed by atoms with Crippen molar-refractivity contribution in [2.75, 3.05) is 39.3 Å². The summed E-state index contributed by atoms with van der Waals surface area (Å²) in [6.07, 6.45) is 6.27. The van der Waals surface area contributed by atoms with Crippen LogP contribution in [-0.4, -0.2) is 67.0 Å². The third-order valence-corrected chi connectivity index (χ3v) is 6.46. The van der Waals surface area contributed by atoms with E-state index in [0.717, 1.165) is 70.5 Å². The van der Waals surface area contributed by atoms with Gasteiger partial charge in [0.05, 0.1) is 12.5 Å². The zero-order valence-electron chi connectivity index (χ0n) is 17.2. The van der Waals surface area contributed by atoms with Crippen molar-refractivity contribution in [3.8, 4) is 5.75 Å². The zero-order valence-corrected chi connectivity index (χ0v) is 17.2. The number of nitrogens with zero attached hydrogens (tertiary/aromatic N) is 2. The predicted molar refractivity (Wildman–Crippen MR) is 112 cm³/mol. The van der Waals surface area contributed by atoms with Crippen molar-refractivity contribution in [3.05, 3.63) is 30.3 Å². The molecule has 6 heteroatoms. The number of nitrogens with one attached hydrogen (secondary N) is 1. The molecular formula is C23H33N3O3. The quantitative estimate of drug-likeness (QED) is 0.715. The molecule has 6 nitrogen and oxygen atoms in total. The molecule has 158 valence electrons. The van der Waals surface area contributed by atoms with E-state index in [1.807, 2.05) is 30.3 Å². The third-order valence-electron chi connectivity index (χ3n) is 6.46. The van der Waals surface area contributed by atoms with Gasteiger partial charge in [-0.25, -0.2) is 0 Å². The molecule has 1 atom stereocenters. The summed E-state index contributed by atoms with van der Waals surface area (Å²) in [5, 5.41) is 3.04. The maximum atomic E-state index is 12.6. The van der Waals surface area contributed by atoms with Crippen LogP contribution in [0.3, 0.4) is 0 Å². The second-order valence-electron chi connectivity index (χ2n) is 8.62. The number of hydrogen-bond donors (Lipinski definition) is 1. The third kappa shape index (κ3) is 5.50. The fourth-order valence-corrected chi connectivity index (χ4v) is 4.60. The molecule has 0 spiro atoms. The highest BCUT2D eigenvalue weighted by atomic mass is 16.5. The van der Waals surface area contributed by atoms with Crippen LogP contribution in [0.5, 0.6) is 5.75 Å². The van der Waals surface area contributed by atoms with Crippen LogP contribution in [0, 0.1) is 11.8 Å². The predicted octanol–water partition coefficient (Wildman–Crippen LogP) is 2.29. The van der Waals surface area contributed by atoms with Crippen molar-refractivity contribution < 1.29 is 14.3 Å². The highest BCUT2D eigenvalue weighted by molar-refractivity contribution is 5.81. The smallest absolute Gasteiger partial charge is 0.225 e. The van der Waals surface area contributed by atoms with Crippen LogP contribution in [0.15, 0.2) is 30.3 Å². The molecule has 1 saturated carbocycles. The van der Waals surface area contributed by atoms with E-state index in [1.165, 1.54) is 0 Å². The van der Waals surface area contributed by atoms with Crippen LogP contribution in [0.2, 0.25) is 0 Å². The molecule has 3 fully saturated rings. The van der Waals surface area contributed by atoms with E-state index < -0.39 is 0 Å². The molecular weight excluding hydrogens is 366 g/mol. The topological polar surface area (TPSA) is 61.9 Å². The van der Waals surface area contributed by atoms with E-state index in [-0.39, 0.29) is 11.8 Å². The molecule has 2 heterocycles. The number of carbonyl (C=O) groups excluding carboxylic acids is 2. The fraction of sp³-hybridized carbons (Fsp3) is 0.652. The van der Waals surface area contributed by atoms with Crippen LogP contribution in [0.1, 0.15) is 38.5 Å². The Kier molecular flexibility index (Phi) is 6.70. The lowest BCUT2D eigenvalue weighted by Gasteiger charge is -2.42. The Morgan fingerprint density at radius 3 is 2.45 bits per heavy atom. The lowest BCUT2D eigenvalue weighted by Crippen LogP contribution is -2.51. The summed E-state index contributed by atoms with van der Waals surface area (Å²) in [5.74, 6) is 1.73. The molecule has 2 amide bonds. The molecule has 1 aromatic rings. The number of amides is 2. The van der Waals surface area contributed by atoms with E-state index in [0.29, 0.717) is 31.0 Å². The number of carbonyl (C=O) groups is 2. The van der Waals surface area contributed by atoms with Crippen molar-refractivity contribution in [1.82, 2.24) is 15.1 Å².